The summed E-state index contributed by atoms with van der Waals surface area (Å²) in [6.07, 6.45) is 14.0. The van der Waals surface area contributed by atoms with Crippen LogP contribution in [0, 0.1) is 0 Å². The maximum atomic E-state index is 2.29. The molecule has 0 aliphatic rings. The van der Waals surface area contributed by atoms with Crippen molar-refractivity contribution in [3.8, 4) is 0 Å². The molecule has 114 valence electrons. The molecular formula is C19H32S. The first-order chi connectivity index (χ1) is 9.93. The van der Waals surface area contributed by atoms with Crippen molar-refractivity contribution < 1.29 is 0 Å². The molecule has 1 aromatic carbocycles. The van der Waals surface area contributed by atoms with E-state index in [0.29, 0.717) is 0 Å². The van der Waals surface area contributed by atoms with Crippen LogP contribution in [0.4, 0.5) is 0 Å². The van der Waals surface area contributed by atoms with E-state index in [2.05, 4.69) is 49.0 Å². The first-order valence-electron chi connectivity index (χ1n) is 8.55. The Hall–Kier alpha value is -0.430. The largest absolute Gasteiger partial charge is 0.162 e. The van der Waals surface area contributed by atoms with Crippen LogP contribution in [-0.4, -0.2) is 11.5 Å². The lowest BCUT2D eigenvalue weighted by atomic mass is 10.1. The van der Waals surface area contributed by atoms with Crippen LogP contribution < -0.4 is 0 Å². The molecule has 0 amide bonds. The van der Waals surface area contributed by atoms with E-state index in [1.165, 1.54) is 81.3 Å². The summed E-state index contributed by atoms with van der Waals surface area (Å²) in [5, 5.41) is 0. The highest BCUT2D eigenvalue weighted by molar-refractivity contribution is 7.99. The van der Waals surface area contributed by atoms with Crippen molar-refractivity contribution in [3.05, 3.63) is 35.9 Å². The predicted octanol–water partition coefficient (Wildman–Crippen LogP) is 6.49. The molecule has 0 fully saturated rings. The molecule has 0 unspecified atom stereocenters. The van der Waals surface area contributed by atoms with Gasteiger partial charge < -0.3 is 0 Å². The number of unbranched alkanes of at least 4 members (excludes halogenated alkanes) is 7. The van der Waals surface area contributed by atoms with Gasteiger partial charge in [-0.1, -0.05) is 82.2 Å². The first kappa shape index (κ1) is 17.6. The molecule has 1 aromatic rings. The summed E-state index contributed by atoms with van der Waals surface area (Å²) in [6, 6.07) is 10.9. The standard InChI is InChI=1S/C19H32S/c1-2-3-4-5-6-7-8-12-17-20-18-13-16-19-14-10-9-11-15-19/h9-11,14-15H,2-8,12-13,16-18H2,1H3. The lowest BCUT2D eigenvalue weighted by Gasteiger charge is -2.03. The molecule has 0 aliphatic heterocycles. The molecule has 0 aromatic heterocycles. The lowest BCUT2D eigenvalue weighted by molar-refractivity contribution is 0.586. The maximum Gasteiger partial charge on any atom is -0.00644 e. The SMILES string of the molecule is CCCCCCCCCCSCCCc1ccccc1. The second kappa shape index (κ2) is 13.5. The third-order valence-electron chi connectivity index (χ3n) is 3.74. The van der Waals surface area contributed by atoms with Crippen LogP contribution >= 0.6 is 11.8 Å². The molecule has 0 saturated heterocycles. The molecule has 20 heavy (non-hydrogen) atoms. The Balaban J connectivity index is 1.77. The monoisotopic (exact) mass is 292 g/mol. The molecule has 0 radical (unpaired) electrons. The highest BCUT2D eigenvalue weighted by atomic mass is 32.2. The number of hydrogen-bond acceptors (Lipinski definition) is 1. The highest BCUT2D eigenvalue weighted by Gasteiger charge is 1.94. The molecule has 0 atom stereocenters. The van der Waals surface area contributed by atoms with E-state index in [1.807, 2.05) is 0 Å². The molecule has 1 rings (SSSR count). The number of aryl methyl sites for hydroxylation is 1. The lowest BCUT2D eigenvalue weighted by Crippen LogP contribution is -1.89. The zero-order valence-electron chi connectivity index (χ0n) is 13.3. The molecule has 1 heteroatoms. The van der Waals surface area contributed by atoms with E-state index in [0.717, 1.165) is 0 Å². The predicted molar refractivity (Wildman–Crippen MR) is 94.7 cm³/mol. The molecule has 0 spiro atoms. The average Bonchev–Trinajstić information content (AvgIpc) is 2.49. The Labute approximate surface area is 130 Å². The molecule has 0 saturated carbocycles. The van der Waals surface area contributed by atoms with Crippen LogP contribution in [0.5, 0.6) is 0 Å². The average molecular weight is 293 g/mol. The van der Waals surface area contributed by atoms with Crippen LogP contribution in [0.1, 0.15) is 70.3 Å². The summed E-state index contributed by atoms with van der Waals surface area (Å²) in [4.78, 5) is 0. The van der Waals surface area contributed by atoms with Crippen molar-refractivity contribution in [1.29, 1.82) is 0 Å². The van der Waals surface area contributed by atoms with Crippen molar-refractivity contribution in [2.75, 3.05) is 11.5 Å². The molecular weight excluding hydrogens is 260 g/mol. The topological polar surface area (TPSA) is 0 Å². The van der Waals surface area contributed by atoms with Crippen molar-refractivity contribution in [2.24, 2.45) is 0 Å². The summed E-state index contributed by atoms with van der Waals surface area (Å²) < 4.78 is 0. The molecule has 0 aliphatic carbocycles. The van der Waals surface area contributed by atoms with E-state index in [1.54, 1.807) is 0 Å². The van der Waals surface area contributed by atoms with Gasteiger partial charge in [0.2, 0.25) is 0 Å². The summed E-state index contributed by atoms with van der Waals surface area (Å²) in [6.45, 7) is 2.29. The minimum atomic E-state index is 1.24. The van der Waals surface area contributed by atoms with Gasteiger partial charge in [0.05, 0.1) is 0 Å². The molecule has 0 nitrogen and oxygen atoms in total. The van der Waals surface area contributed by atoms with Crippen molar-refractivity contribution in [1.82, 2.24) is 0 Å². The highest BCUT2D eigenvalue weighted by Crippen LogP contribution is 2.13. The zero-order chi connectivity index (χ0) is 14.3. The minimum Gasteiger partial charge on any atom is -0.162 e. The quantitative estimate of drug-likeness (QED) is 0.374. The zero-order valence-corrected chi connectivity index (χ0v) is 14.1. The van der Waals surface area contributed by atoms with Gasteiger partial charge in [0.1, 0.15) is 0 Å². The van der Waals surface area contributed by atoms with Crippen LogP contribution in [0.15, 0.2) is 30.3 Å². The van der Waals surface area contributed by atoms with Gasteiger partial charge >= 0.3 is 0 Å². The van der Waals surface area contributed by atoms with Gasteiger partial charge in [-0.05, 0) is 36.3 Å². The van der Waals surface area contributed by atoms with Crippen LogP contribution in [-0.2, 0) is 6.42 Å². The fourth-order valence-corrected chi connectivity index (χ4v) is 3.42. The van der Waals surface area contributed by atoms with E-state index >= 15 is 0 Å². The smallest absolute Gasteiger partial charge is 0.00644 e. The second-order valence-corrected chi connectivity index (χ2v) is 6.90. The van der Waals surface area contributed by atoms with Gasteiger partial charge in [0.25, 0.3) is 0 Å². The van der Waals surface area contributed by atoms with Crippen molar-refractivity contribution in [3.63, 3.8) is 0 Å². The first-order valence-corrected chi connectivity index (χ1v) is 9.70. The summed E-state index contributed by atoms with van der Waals surface area (Å²) in [5.74, 6) is 2.69. The fourth-order valence-electron chi connectivity index (χ4n) is 2.46. The van der Waals surface area contributed by atoms with E-state index in [-0.39, 0.29) is 0 Å². The second-order valence-electron chi connectivity index (χ2n) is 5.68. The van der Waals surface area contributed by atoms with Gasteiger partial charge in [0.15, 0.2) is 0 Å². The van der Waals surface area contributed by atoms with Crippen LogP contribution in [0.2, 0.25) is 0 Å². The normalized spacial score (nSPS) is 10.8. The van der Waals surface area contributed by atoms with E-state index < -0.39 is 0 Å². The maximum absolute atomic E-state index is 2.29. The Kier molecular flexibility index (Phi) is 11.9. The Morgan fingerprint density at radius 3 is 2.00 bits per heavy atom. The minimum absolute atomic E-state index is 1.24. The Bertz CT molecular complexity index is 294. The van der Waals surface area contributed by atoms with E-state index in [9.17, 15) is 0 Å². The fraction of sp³-hybridized carbons (Fsp3) is 0.684. The van der Waals surface area contributed by atoms with Gasteiger partial charge in [-0.15, -0.1) is 0 Å². The van der Waals surface area contributed by atoms with Gasteiger partial charge in [-0.25, -0.2) is 0 Å². The van der Waals surface area contributed by atoms with Crippen molar-refractivity contribution in [2.45, 2.75) is 71.1 Å². The summed E-state index contributed by atoms with van der Waals surface area (Å²) in [5.41, 5.74) is 1.49. The third kappa shape index (κ3) is 10.4. The van der Waals surface area contributed by atoms with E-state index in [4.69, 9.17) is 0 Å². The summed E-state index contributed by atoms with van der Waals surface area (Å²) in [7, 11) is 0. The summed E-state index contributed by atoms with van der Waals surface area (Å²) >= 11 is 2.14. The van der Waals surface area contributed by atoms with Gasteiger partial charge in [0, 0.05) is 0 Å². The van der Waals surface area contributed by atoms with Gasteiger partial charge in [-0.2, -0.15) is 11.8 Å². The number of thioether (sulfide) groups is 1. The molecule has 0 heterocycles. The van der Waals surface area contributed by atoms with Crippen LogP contribution in [0.25, 0.3) is 0 Å². The number of hydrogen-bond donors (Lipinski definition) is 0. The third-order valence-corrected chi connectivity index (χ3v) is 4.89. The van der Waals surface area contributed by atoms with Gasteiger partial charge in [-0.3, -0.25) is 0 Å². The molecule has 0 bridgehead atoms. The molecule has 0 N–H and O–H groups in total. The number of rotatable bonds is 13. The number of benzene rings is 1. The Morgan fingerprint density at radius 1 is 0.700 bits per heavy atom. The van der Waals surface area contributed by atoms with Crippen LogP contribution in [0.3, 0.4) is 0 Å². The Morgan fingerprint density at radius 2 is 1.30 bits per heavy atom. The van der Waals surface area contributed by atoms with Crippen molar-refractivity contribution >= 4 is 11.8 Å².